The van der Waals surface area contributed by atoms with Crippen molar-refractivity contribution < 1.29 is 0 Å². The van der Waals surface area contributed by atoms with Gasteiger partial charge in [-0.2, -0.15) is 0 Å². The fourth-order valence-electron chi connectivity index (χ4n) is 1.13. The highest BCUT2D eigenvalue weighted by Gasteiger charge is 1.91. The number of pyridine rings is 1. The summed E-state index contributed by atoms with van der Waals surface area (Å²) in [4.78, 5) is 8.39. The number of hydrogen-bond donors (Lipinski definition) is 0. The van der Waals surface area contributed by atoms with Crippen molar-refractivity contribution in [1.82, 2.24) is 4.98 Å². The highest BCUT2D eigenvalue weighted by Crippen LogP contribution is 2.13. The Morgan fingerprint density at radius 3 is 2.50 bits per heavy atom. The normalized spacial score (nSPS) is 10.9. The first-order chi connectivity index (χ1) is 7.74. The van der Waals surface area contributed by atoms with Crippen LogP contribution in [0.5, 0.6) is 0 Å². The molecule has 0 fully saturated rings. The van der Waals surface area contributed by atoms with Crippen molar-refractivity contribution in [3.63, 3.8) is 0 Å². The molecule has 0 aliphatic heterocycles. The van der Waals surface area contributed by atoms with Crippen LogP contribution in [0, 0.1) is 0 Å². The third-order valence-electron chi connectivity index (χ3n) is 1.93. The van der Waals surface area contributed by atoms with Gasteiger partial charge in [-0.15, -0.1) is 0 Å². The van der Waals surface area contributed by atoms with Gasteiger partial charge in [-0.05, 0) is 45.8 Å². The first-order valence-corrected chi connectivity index (χ1v) is 5.82. The minimum absolute atomic E-state index is 0.679. The van der Waals surface area contributed by atoms with Gasteiger partial charge in [-0.25, -0.2) is 9.98 Å². The van der Waals surface area contributed by atoms with Gasteiger partial charge in [0.15, 0.2) is 5.82 Å². The Labute approximate surface area is 107 Å². The standard InChI is InChI=1S/C12H8BrClN2/c13-10-3-6-12(16-8-10)15-7-9-1-4-11(14)5-2-9/h1-8H. The van der Waals surface area contributed by atoms with E-state index in [9.17, 15) is 0 Å². The fraction of sp³-hybridized carbons (Fsp3) is 0. The molecular weight excluding hydrogens is 288 g/mol. The van der Waals surface area contributed by atoms with Crippen LogP contribution in [0.1, 0.15) is 5.56 Å². The number of aliphatic imine (C=N–C) groups is 1. The molecule has 0 saturated heterocycles. The lowest BCUT2D eigenvalue weighted by Crippen LogP contribution is -1.80. The second-order valence-electron chi connectivity index (χ2n) is 3.14. The highest BCUT2D eigenvalue weighted by molar-refractivity contribution is 9.10. The van der Waals surface area contributed by atoms with E-state index in [0.717, 1.165) is 15.1 Å². The van der Waals surface area contributed by atoms with Crippen LogP contribution in [-0.2, 0) is 0 Å². The van der Waals surface area contributed by atoms with Gasteiger partial charge in [0.1, 0.15) is 0 Å². The molecule has 0 aliphatic carbocycles. The van der Waals surface area contributed by atoms with Crippen molar-refractivity contribution in [2.75, 3.05) is 0 Å². The number of aromatic nitrogens is 1. The largest absolute Gasteiger partial charge is 0.237 e. The number of rotatable bonds is 2. The van der Waals surface area contributed by atoms with Crippen molar-refractivity contribution in [3.05, 3.63) is 57.7 Å². The molecule has 0 bridgehead atoms. The van der Waals surface area contributed by atoms with Crippen LogP contribution >= 0.6 is 27.5 Å². The Morgan fingerprint density at radius 1 is 1.12 bits per heavy atom. The summed E-state index contributed by atoms with van der Waals surface area (Å²) in [6.07, 6.45) is 3.47. The molecule has 1 aromatic heterocycles. The van der Waals surface area contributed by atoms with Crippen LogP contribution in [0.3, 0.4) is 0 Å². The van der Waals surface area contributed by atoms with Gasteiger partial charge in [-0.3, -0.25) is 0 Å². The molecule has 80 valence electrons. The average molecular weight is 296 g/mol. The predicted octanol–water partition coefficient (Wildman–Crippen LogP) is 4.25. The first-order valence-electron chi connectivity index (χ1n) is 4.65. The number of benzene rings is 1. The van der Waals surface area contributed by atoms with Gasteiger partial charge in [0.2, 0.25) is 0 Å². The van der Waals surface area contributed by atoms with Gasteiger partial charge < -0.3 is 0 Å². The van der Waals surface area contributed by atoms with Crippen LogP contribution in [0.4, 0.5) is 5.82 Å². The van der Waals surface area contributed by atoms with Gasteiger partial charge in [0.05, 0.1) is 0 Å². The number of nitrogens with zero attached hydrogens (tertiary/aromatic N) is 2. The van der Waals surface area contributed by atoms with Crippen molar-refractivity contribution in [1.29, 1.82) is 0 Å². The molecule has 0 spiro atoms. The number of halogens is 2. The van der Waals surface area contributed by atoms with Crippen molar-refractivity contribution in [2.45, 2.75) is 0 Å². The average Bonchev–Trinajstić information content (AvgIpc) is 2.30. The monoisotopic (exact) mass is 294 g/mol. The third kappa shape index (κ3) is 3.15. The van der Waals surface area contributed by atoms with E-state index in [1.807, 2.05) is 36.4 Å². The van der Waals surface area contributed by atoms with E-state index < -0.39 is 0 Å². The van der Waals surface area contributed by atoms with E-state index >= 15 is 0 Å². The summed E-state index contributed by atoms with van der Waals surface area (Å²) < 4.78 is 0.943. The molecular formula is C12H8BrClN2. The minimum Gasteiger partial charge on any atom is -0.237 e. The molecule has 2 nitrogen and oxygen atoms in total. The molecule has 0 aliphatic rings. The number of hydrogen-bond acceptors (Lipinski definition) is 2. The maximum atomic E-state index is 5.78. The topological polar surface area (TPSA) is 25.2 Å². The summed E-state index contributed by atoms with van der Waals surface area (Å²) >= 11 is 9.10. The molecule has 0 saturated carbocycles. The molecule has 0 amide bonds. The van der Waals surface area contributed by atoms with Crippen LogP contribution in [-0.4, -0.2) is 11.2 Å². The highest BCUT2D eigenvalue weighted by atomic mass is 79.9. The summed E-state index contributed by atoms with van der Waals surface area (Å²) in [5.41, 5.74) is 0.995. The lowest BCUT2D eigenvalue weighted by atomic mass is 10.2. The maximum Gasteiger partial charge on any atom is 0.151 e. The second kappa shape index (κ2) is 5.23. The zero-order valence-corrected chi connectivity index (χ0v) is 10.6. The summed E-state index contributed by atoms with van der Waals surface area (Å²) in [7, 11) is 0. The fourth-order valence-corrected chi connectivity index (χ4v) is 1.49. The van der Waals surface area contributed by atoms with Gasteiger partial charge >= 0.3 is 0 Å². The zero-order chi connectivity index (χ0) is 11.4. The summed E-state index contributed by atoms with van der Waals surface area (Å²) in [6, 6.07) is 11.2. The maximum absolute atomic E-state index is 5.78. The van der Waals surface area contributed by atoms with E-state index in [4.69, 9.17) is 11.6 Å². The molecule has 0 atom stereocenters. The molecule has 1 aromatic carbocycles. The van der Waals surface area contributed by atoms with Gasteiger partial charge in [-0.1, -0.05) is 23.7 Å². The van der Waals surface area contributed by atoms with Crippen molar-refractivity contribution >= 4 is 39.6 Å². The summed E-state index contributed by atoms with van der Waals surface area (Å²) in [5, 5.41) is 0.721. The van der Waals surface area contributed by atoms with Crippen LogP contribution < -0.4 is 0 Å². The summed E-state index contributed by atoms with van der Waals surface area (Å²) in [6.45, 7) is 0. The first kappa shape index (κ1) is 11.3. The van der Waals surface area contributed by atoms with E-state index in [0.29, 0.717) is 5.82 Å². The molecule has 2 aromatic rings. The Bertz CT molecular complexity index is 444. The van der Waals surface area contributed by atoms with E-state index in [-0.39, 0.29) is 0 Å². The van der Waals surface area contributed by atoms with Gasteiger partial charge in [0, 0.05) is 21.9 Å². The SMILES string of the molecule is Clc1ccc(C=Nc2ccc(Br)cn2)cc1. The van der Waals surface area contributed by atoms with Crippen LogP contribution in [0.25, 0.3) is 0 Å². The Hall–Kier alpha value is -1.19. The smallest absolute Gasteiger partial charge is 0.151 e. The molecule has 0 radical (unpaired) electrons. The van der Waals surface area contributed by atoms with Crippen LogP contribution in [0.2, 0.25) is 5.02 Å². The Kier molecular flexibility index (Phi) is 3.70. The van der Waals surface area contributed by atoms with E-state index in [1.165, 1.54) is 0 Å². The van der Waals surface area contributed by atoms with E-state index in [1.54, 1.807) is 12.4 Å². The molecule has 2 rings (SSSR count). The van der Waals surface area contributed by atoms with E-state index in [2.05, 4.69) is 25.9 Å². The molecule has 0 unspecified atom stereocenters. The lowest BCUT2D eigenvalue weighted by Gasteiger charge is -1.94. The second-order valence-corrected chi connectivity index (χ2v) is 4.50. The molecule has 4 heteroatoms. The minimum atomic E-state index is 0.679. The Morgan fingerprint density at radius 2 is 1.88 bits per heavy atom. The molecule has 1 heterocycles. The van der Waals surface area contributed by atoms with Crippen LogP contribution in [0.15, 0.2) is 52.1 Å². The third-order valence-corrected chi connectivity index (χ3v) is 2.65. The Balaban J connectivity index is 2.15. The van der Waals surface area contributed by atoms with Gasteiger partial charge in [0.25, 0.3) is 0 Å². The molecule has 16 heavy (non-hydrogen) atoms. The van der Waals surface area contributed by atoms with Crippen molar-refractivity contribution in [2.24, 2.45) is 4.99 Å². The quantitative estimate of drug-likeness (QED) is 0.760. The van der Waals surface area contributed by atoms with Crippen molar-refractivity contribution in [3.8, 4) is 0 Å². The lowest BCUT2D eigenvalue weighted by molar-refractivity contribution is 1.26. The predicted molar refractivity (Wildman–Crippen MR) is 70.6 cm³/mol. The summed E-state index contributed by atoms with van der Waals surface area (Å²) in [5.74, 6) is 0.679. The molecule has 0 N–H and O–H groups in total. The zero-order valence-electron chi connectivity index (χ0n) is 8.27.